The van der Waals surface area contributed by atoms with Crippen LogP contribution in [0.4, 0.5) is 0 Å². The second kappa shape index (κ2) is 25.1. The van der Waals surface area contributed by atoms with Crippen LogP contribution in [0.15, 0.2) is 47.6 Å². The zero-order chi connectivity index (χ0) is 48.2. The van der Waals surface area contributed by atoms with Gasteiger partial charge in [0, 0.05) is 58.5 Å². The number of carbonyl (C=O) groups excluding carboxylic acids is 5. The summed E-state index contributed by atoms with van der Waals surface area (Å²) >= 11 is 0. The van der Waals surface area contributed by atoms with Gasteiger partial charge >= 0.3 is 5.97 Å². The van der Waals surface area contributed by atoms with E-state index >= 15 is 0 Å². The smallest absolute Gasteiger partial charge is 0.329 e. The first kappa shape index (κ1) is 54.2. The molecule has 3 N–H and O–H groups in total. The molecule has 15 atom stereocenters. The van der Waals surface area contributed by atoms with Gasteiger partial charge in [0.15, 0.2) is 5.78 Å². The summed E-state index contributed by atoms with van der Waals surface area (Å²) in [7, 11) is 4.52. The maximum Gasteiger partial charge on any atom is 0.329 e. The first-order chi connectivity index (χ1) is 30.7. The number of carbonyl (C=O) groups is 5. The first-order valence-corrected chi connectivity index (χ1v) is 23.9. The standard InChI is InChI=1S/C51H79NO13/c1-30-16-12-11-13-17-31(2)42(61-8)28-38-21-19-36(7)51(60,65-38)48(57)49(58)52-23-15-14-18-39(52)50(59)64-43(33(4)26-37-20-22-40(53)44(27-37)62-9)29-41(54)32(3)25-35(6)46(56)47(63-10)45(55)34(5)24-30/h11-13,16-17,25,30,32-34,36-40,42-44,46-47,53,56,60H,14-15,18-24,26-29H2,1-10H3/b13-11?,16-12+,31-17?,35-25+/t30-,32-,33-,34-,36-,37+,38+,39?,40?,42+,43+,44-,46-,47+,51-/m1/s1. The molecule has 14 heteroatoms. The number of methoxy groups -OCH3 is 3. The van der Waals surface area contributed by atoms with Gasteiger partial charge in [0.1, 0.15) is 30.1 Å². The molecule has 14 nitrogen and oxygen atoms in total. The van der Waals surface area contributed by atoms with Gasteiger partial charge in [0.05, 0.1) is 24.4 Å². The third-order valence-electron chi connectivity index (χ3n) is 14.5. The maximum absolute atomic E-state index is 14.4. The van der Waals surface area contributed by atoms with Crippen LogP contribution in [0.3, 0.4) is 0 Å². The number of hydrogen-bond acceptors (Lipinski definition) is 13. The normalized spacial score (nSPS) is 39.1. The van der Waals surface area contributed by atoms with Crippen LogP contribution in [0.5, 0.6) is 0 Å². The molecule has 3 heterocycles. The fraction of sp³-hybridized carbons (Fsp3) is 0.745. The first-order valence-electron chi connectivity index (χ1n) is 23.9. The van der Waals surface area contributed by atoms with Crippen molar-refractivity contribution >= 4 is 29.2 Å². The average molecular weight is 914 g/mol. The predicted octanol–water partition coefficient (Wildman–Crippen LogP) is 6.18. The van der Waals surface area contributed by atoms with E-state index in [0.29, 0.717) is 63.4 Å². The van der Waals surface area contributed by atoms with E-state index in [9.17, 15) is 39.3 Å². The molecule has 0 aromatic heterocycles. The van der Waals surface area contributed by atoms with E-state index in [4.69, 9.17) is 23.7 Å². The molecule has 366 valence electrons. The van der Waals surface area contributed by atoms with Gasteiger partial charge in [-0.3, -0.25) is 19.2 Å². The highest BCUT2D eigenvalue weighted by Crippen LogP contribution is 2.38. The van der Waals surface area contributed by atoms with Crippen molar-refractivity contribution in [3.05, 3.63) is 47.6 Å². The Balaban J connectivity index is 1.70. The average Bonchev–Trinajstić information content (AvgIpc) is 3.28. The summed E-state index contributed by atoms with van der Waals surface area (Å²) in [4.78, 5) is 71.8. The lowest BCUT2D eigenvalue weighted by Crippen LogP contribution is -2.61. The number of esters is 1. The van der Waals surface area contributed by atoms with Gasteiger partial charge in [-0.25, -0.2) is 4.79 Å². The Labute approximate surface area is 387 Å². The third kappa shape index (κ3) is 14.3. The molecule has 65 heavy (non-hydrogen) atoms. The summed E-state index contributed by atoms with van der Waals surface area (Å²) in [6.45, 7) is 12.7. The predicted molar refractivity (Wildman–Crippen MR) is 245 cm³/mol. The zero-order valence-electron chi connectivity index (χ0n) is 40.6. The molecule has 0 aromatic rings. The molecular formula is C51H79NO13. The lowest BCUT2D eigenvalue weighted by molar-refractivity contribution is -0.265. The van der Waals surface area contributed by atoms with Crippen LogP contribution in [0.25, 0.3) is 0 Å². The Hall–Kier alpha value is -3.37. The van der Waals surface area contributed by atoms with Crippen molar-refractivity contribution in [2.45, 2.75) is 180 Å². The van der Waals surface area contributed by atoms with Crippen LogP contribution in [-0.2, 0) is 47.7 Å². The minimum absolute atomic E-state index is 0.0193. The molecule has 2 saturated heterocycles. The maximum atomic E-state index is 14.4. The highest BCUT2D eigenvalue weighted by molar-refractivity contribution is 6.39. The van der Waals surface area contributed by atoms with E-state index in [0.717, 1.165) is 12.0 Å². The Morgan fingerprint density at radius 2 is 1.57 bits per heavy atom. The van der Waals surface area contributed by atoms with Gasteiger partial charge in [-0.2, -0.15) is 0 Å². The van der Waals surface area contributed by atoms with Crippen LogP contribution in [0.2, 0.25) is 0 Å². The molecule has 4 aliphatic rings. The van der Waals surface area contributed by atoms with Gasteiger partial charge in [0.2, 0.25) is 5.79 Å². The lowest BCUT2D eigenvalue weighted by Gasteiger charge is -2.42. The number of cyclic esters (lactones) is 1. The van der Waals surface area contributed by atoms with Gasteiger partial charge in [-0.15, -0.1) is 0 Å². The molecule has 1 saturated carbocycles. The summed E-state index contributed by atoms with van der Waals surface area (Å²) in [5.41, 5.74) is 1.27. The number of fused-ring (bicyclic) bond motifs is 3. The topological polar surface area (TPSA) is 195 Å². The van der Waals surface area contributed by atoms with Gasteiger partial charge in [0.25, 0.3) is 11.7 Å². The number of nitrogens with zero attached hydrogens (tertiary/aromatic N) is 1. The number of allylic oxidation sites excluding steroid dienone is 6. The molecule has 3 fully saturated rings. The molecule has 2 unspecified atom stereocenters. The van der Waals surface area contributed by atoms with Crippen molar-refractivity contribution in [1.29, 1.82) is 0 Å². The van der Waals surface area contributed by atoms with Crippen LogP contribution < -0.4 is 0 Å². The van der Waals surface area contributed by atoms with Crippen molar-refractivity contribution in [3.63, 3.8) is 0 Å². The highest BCUT2D eigenvalue weighted by Gasteiger charge is 2.53. The second-order valence-electron chi connectivity index (χ2n) is 19.6. The van der Waals surface area contributed by atoms with Gasteiger partial charge in [-0.05, 0) is 107 Å². The number of hydrogen-bond donors (Lipinski definition) is 3. The Kier molecular flexibility index (Phi) is 21.0. The summed E-state index contributed by atoms with van der Waals surface area (Å²) < 4.78 is 29.4. The summed E-state index contributed by atoms with van der Waals surface area (Å²) in [6.07, 6.45) is 11.2. The fourth-order valence-corrected chi connectivity index (χ4v) is 10.1. The Morgan fingerprint density at radius 1 is 0.846 bits per heavy atom. The fourth-order valence-electron chi connectivity index (χ4n) is 10.1. The molecule has 4 rings (SSSR count). The molecule has 1 aliphatic carbocycles. The number of aliphatic hydroxyl groups is 3. The van der Waals surface area contributed by atoms with E-state index in [-0.39, 0.29) is 54.8 Å². The van der Waals surface area contributed by atoms with Crippen LogP contribution >= 0.6 is 0 Å². The monoisotopic (exact) mass is 914 g/mol. The Bertz CT molecular complexity index is 1760. The summed E-state index contributed by atoms with van der Waals surface area (Å²) in [5.74, 6) is -7.96. The minimum Gasteiger partial charge on any atom is -0.460 e. The summed E-state index contributed by atoms with van der Waals surface area (Å²) in [6, 6.07) is -1.14. The van der Waals surface area contributed by atoms with E-state index < -0.39 is 83.9 Å². The quantitative estimate of drug-likeness (QED) is 0.156. The minimum atomic E-state index is -2.43. The SMILES string of the molecule is CO[C@H]1C[C@@H]2CC[C@@H](C)[C@@](O)(O2)C(=O)C(=O)N2CCCCC2C(=O)O[C@H]([C@H](C)C[C@@H]2CCC(O)[C@H](OC)C2)CC(=O)[C@H](C)/C=C(\C)[C@@H](O)[C@@H](OC)C(=O)[C@H](C)C[C@H](C)/C=C/C=CC=C1C. The van der Waals surface area contributed by atoms with Crippen molar-refractivity contribution in [2.24, 2.45) is 35.5 Å². The number of piperidine rings is 1. The molecular weight excluding hydrogens is 835 g/mol. The van der Waals surface area contributed by atoms with E-state index in [1.807, 2.05) is 58.1 Å². The Morgan fingerprint density at radius 3 is 2.25 bits per heavy atom. The number of ketones is 3. The van der Waals surface area contributed by atoms with E-state index in [2.05, 4.69) is 0 Å². The lowest BCUT2D eigenvalue weighted by atomic mass is 9.78. The van der Waals surface area contributed by atoms with Crippen LogP contribution in [0.1, 0.15) is 126 Å². The van der Waals surface area contributed by atoms with Crippen molar-refractivity contribution in [3.8, 4) is 0 Å². The van der Waals surface area contributed by atoms with Gasteiger partial charge < -0.3 is 43.9 Å². The molecule has 0 spiro atoms. The second-order valence-corrected chi connectivity index (χ2v) is 19.6. The molecule has 3 aliphatic heterocycles. The molecule has 0 radical (unpaired) electrons. The zero-order valence-corrected chi connectivity index (χ0v) is 40.6. The van der Waals surface area contributed by atoms with Crippen molar-refractivity contribution < 1.29 is 63.0 Å². The molecule has 0 aromatic carbocycles. The highest BCUT2D eigenvalue weighted by atomic mass is 16.6. The van der Waals surface area contributed by atoms with Crippen molar-refractivity contribution in [1.82, 2.24) is 4.90 Å². The number of rotatable bonds is 6. The number of aliphatic hydroxyl groups excluding tert-OH is 2. The van der Waals surface area contributed by atoms with E-state index in [1.54, 1.807) is 41.1 Å². The largest absolute Gasteiger partial charge is 0.460 e. The van der Waals surface area contributed by atoms with Crippen LogP contribution in [0, 0.1) is 35.5 Å². The number of ether oxygens (including phenoxy) is 5. The van der Waals surface area contributed by atoms with Gasteiger partial charge in [-0.1, -0.05) is 71.1 Å². The van der Waals surface area contributed by atoms with Crippen molar-refractivity contribution in [2.75, 3.05) is 27.9 Å². The third-order valence-corrected chi connectivity index (χ3v) is 14.5. The van der Waals surface area contributed by atoms with E-state index in [1.165, 1.54) is 12.0 Å². The van der Waals surface area contributed by atoms with Crippen LogP contribution in [-0.4, -0.2) is 132 Å². The molecule has 2 bridgehead atoms. The number of Topliss-reactive ketones (excluding diaryl/α,β-unsaturated/α-hetero) is 3. The molecule has 1 amide bonds. The summed E-state index contributed by atoms with van der Waals surface area (Å²) in [5, 5.41) is 33.8. The number of amides is 1.